The van der Waals surface area contributed by atoms with E-state index in [1.165, 1.54) is 6.07 Å². The standard InChI is InChI=1S/C11H16N2O3S/c1-7(6-17(2)16)13-10-4-3-8(12)5-9(10)11(14)15/h3-5,7,13H,6,12H2,1-2H3,(H,14,15). The minimum Gasteiger partial charge on any atom is -0.478 e. The molecule has 0 aliphatic rings. The molecule has 0 aromatic heterocycles. The smallest absolute Gasteiger partial charge is 0.337 e. The molecule has 4 N–H and O–H groups in total. The fourth-order valence-corrected chi connectivity index (χ4v) is 2.31. The molecule has 0 heterocycles. The summed E-state index contributed by atoms with van der Waals surface area (Å²) in [5.74, 6) is -0.576. The number of aromatic carboxylic acids is 1. The van der Waals surface area contributed by atoms with Crippen molar-refractivity contribution in [2.24, 2.45) is 0 Å². The van der Waals surface area contributed by atoms with E-state index in [-0.39, 0.29) is 11.6 Å². The first-order chi connectivity index (χ1) is 7.90. The average Bonchev–Trinajstić information content (AvgIpc) is 2.19. The van der Waals surface area contributed by atoms with Crippen LogP contribution in [0.3, 0.4) is 0 Å². The van der Waals surface area contributed by atoms with Gasteiger partial charge < -0.3 is 16.2 Å². The summed E-state index contributed by atoms with van der Waals surface area (Å²) < 4.78 is 11.1. The van der Waals surface area contributed by atoms with Gasteiger partial charge in [0.2, 0.25) is 0 Å². The highest BCUT2D eigenvalue weighted by Crippen LogP contribution is 2.19. The molecule has 2 atom stereocenters. The van der Waals surface area contributed by atoms with Crippen molar-refractivity contribution in [2.75, 3.05) is 23.1 Å². The maximum absolute atomic E-state index is 11.1. The summed E-state index contributed by atoms with van der Waals surface area (Å²) in [5, 5.41) is 12.1. The van der Waals surface area contributed by atoms with Crippen LogP contribution in [0.2, 0.25) is 0 Å². The van der Waals surface area contributed by atoms with Crippen molar-refractivity contribution in [1.82, 2.24) is 0 Å². The Labute approximate surface area is 102 Å². The Morgan fingerprint density at radius 2 is 2.24 bits per heavy atom. The van der Waals surface area contributed by atoms with Crippen LogP contribution in [-0.4, -0.2) is 33.3 Å². The molecule has 0 aliphatic carbocycles. The number of carbonyl (C=O) groups is 1. The number of carboxylic acid groups (broad SMARTS) is 1. The van der Waals surface area contributed by atoms with Crippen LogP contribution in [-0.2, 0) is 10.8 Å². The summed E-state index contributed by atoms with van der Waals surface area (Å²) in [6.07, 6.45) is 1.61. The van der Waals surface area contributed by atoms with Gasteiger partial charge in [-0.2, -0.15) is 0 Å². The summed E-state index contributed by atoms with van der Waals surface area (Å²) in [6.45, 7) is 1.85. The van der Waals surface area contributed by atoms with E-state index in [9.17, 15) is 9.00 Å². The van der Waals surface area contributed by atoms with Gasteiger partial charge in [-0.15, -0.1) is 0 Å². The zero-order valence-electron chi connectivity index (χ0n) is 9.77. The molecular formula is C11H16N2O3S. The highest BCUT2D eigenvalue weighted by molar-refractivity contribution is 7.84. The van der Waals surface area contributed by atoms with Gasteiger partial charge >= 0.3 is 5.97 Å². The average molecular weight is 256 g/mol. The lowest BCUT2D eigenvalue weighted by atomic mass is 10.1. The van der Waals surface area contributed by atoms with Crippen LogP contribution in [0.4, 0.5) is 11.4 Å². The molecule has 0 saturated heterocycles. The number of nitrogens with two attached hydrogens (primary N) is 1. The van der Waals surface area contributed by atoms with Crippen LogP contribution in [0.15, 0.2) is 18.2 Å². The van der Waals surface area contributed by atoms with Gasteiger partial charge in [-0.3, -0.25) is 4.21 Å². The van der Waals surface area contributed by atoms with E-state index in [1.54, 1.807) is 18.4 Å². The number of hydrogen-bond acceptors (Lipinski definition) is 4. The highest BCUT2D eigenvalue weighted by atomic mass is 32.2. The molecule has 0 radical (unpaired) electrons. The monoisotopic (exact) mass is 256 g/mol. The molecule has 0 aliphatic heterocycles. The van der Waals surface area contributed by atoms with E-state index in [4.69, 9.17) is 10.8 Å². The number of rotatable bonds is 5. The lowest BCUT2D eigenvalue weighted by molar-refractivity contribution is 0.0698. The molecule has 5 nitrogen and oxygen atoms in total. The number of nitrogen functional groups attached to an aromatic ring is 1. The van der Waals surface area contributed by atoms with Gasteiger partial charge in [0.05, 0.1) is 5.56 Å². The Morgan fingerprint density at radius 3 is 2.76 bits per heavy atom. The number of hydrogen-bond donors (Lipinski definition) is 3. The Hall–Kier alpha value is -1.56. The molecule has 2 unspecified atom stereocenters. The van der Waals surface area contributed by atoms with Gasteiger partial charge in [0.25, 0.3) is 0 Å². The third kappa shape index (κ3) is 4.07. The lowest BCUT2D eigenvalue weighted by Crippen LogP contribution is -2.23. The normalized spacial score (nSPS) is 14.0. The molecule has 0 saturated carbocycles. The van der Waals surface area contributed by atoms with Gasteiger partial charge in [-0.25, -0.2) is 4.79 Å². The van der Waals surface area contributed by atoms with Gasteiger partial charge in [-0.05, 0) is 25.1 Å². The van der Waals surface area contributed by atoms with Crippen LogP contribution in [0, 0.1) is 0 Å². The van der Waals surface area contributed by atoms with E-state index in [2.05, 4.69) is 5.32 Å². The Balaban J connectivity index is 2.90. The predicted octanol–water partition coefficient (Wildman–Crippen LogP) is 1.15. The number of benzene rings is 1. The molecule has 1 rings (SSSR count). The van der Waals surface area contributed by atoms with Crippen molar-refractivity contribution in [1.29, 1.82) is 0 Å². The van der Waals surface area contributed by atoms with Crippen LogP contribution >= 0.6 is 0 Å². The molecule has 6 heteroatoms. The van der Waals surface area contributed by atoms with Crippen LogP contribution in [0.1, 0.15) is 17.3 Å². The maximum atomic E-state index is 11.1. The van der Waals surface area contributed by atoms with E-state index >= 15 is 0 Å². The summed E-state index contributed by atoms with van der Waals surface area (Å²) in [6, 6.07) is 4.58. The topological polar surface area (TPSA) is 92.4 Å². The SMILES string of the molecule is CC(CS(C)=O)Nc1ccc(N)cc1C(=O)O. The van der Waals surface area contributed by atoms with Gasteiger partial charge in [0.1, 0.15) is 0 Å². The van der Waals surface area contributed by atoms with E-state index in [0.717, 1.165) is 0 Å². The molecule has 0 amide bonds. The van der Waals surface area contributed by atoms with Gasteiger partial charge in [0, 0.05) is 40.2 Å². The Morgan fingerprint density at radius 1 is 1.59 bits per heavy atom. The van der Waals surface area contributed by atoms with Gasteiger partial charge in [-0.1, -0.05) is 0 Å². The minimum absolute atomic E-state index is 0.0671. The molecule has 1 aromatic carbocycles. The second-order valence-electron chi connectivity index (χ2n) is 3.90. The summed E-state index contributed by atoms with van der Waals surface area (Å²) in [5.41, 5.74) is 6.55. The second-order valence-corrected chi connectivity index (χ2v) is 5.38. The van der Waals surface area contributed by atoms with Crippen molar-refractivity contribution < 1.29 is 14.1 Å². The van der Waals surface area contributed by atoms with Crippen molar-refractivity contribution in [3.63, 3.8) is 0 Å². The van der Waals surface area contributed by atoms with Crippen molar-refractivity contribution in [3.8, 4) is 0 Å². The van der Waals surface area contributed by atoms with Crippen LogP contribution < -0.4 is 11.1 Å². The second kappa shape index (κ2) is 5.67. The predicted molar refractivity (Wildman–Crippen MR) is 69.8 cm³/mol. The fourth-order valence-electron chi connectivity index (χ4n) is 1.52. The molecule has 0 spiro atoms. The number of nitrogens with one attached hydrogen (secondary N) is 1. The molecule has 1 aromatic rings. The Kier molecular flexibility index (Phi) is 4.51. The molecule has 94 valence electrons. The number of anilines is 2. The highest BCUT2D eigenvalue weighted by Gasteiger charge is 2.13. The van der Waals surface area contributed by atoms with Crippen molar-refractivity contribution in [3.05, 3.63) is 23.8 Å². The number of carboxylic acids is 1. The molecular weight excluding hydrogens is 240 g/mol. The first-order valence-electron chi connectivity index (χ1n) is 5.09. The zero-order chi connectivity index (χ0) is 13.0. The lowest BCUT2D eigenvalue weighted by Gasteiger charge is -2.16. The van der Waals surface area contributed by atoms with Crippen molar-refractivity contribution >= 4 is 28.1 Å². The van der Waals surface area contributed by atoms with Crippen LogP contribution in [0.25, 0.3) is 0 Å². The fraction of sp³-hybridized carbons (Fsp3) is 0.364. The maximum Gasteiger partial charge on any atom is 0.337 e. The van der Waals surface area contributed by atoms with Gasteiger partial charge in [0.15, 0.2) is 0 Å². The first-order valence-corrected chi connectivity index (χ1v) is 6.82. The molecule has 17 heavy (non-hydrogen) atoms. The van der Waals surface area contributed by atoms with E-state index in [1.807, 2.05) is 6.92 Å². The zero-order valence-corrected chi connectivity index (χ0v) is 10.6. The summed E-state index contributed by atoms with van der Waals surface area (Å²) in [4.78, 5) is 11.0. The minimum atomic E-state index is -1.04. The molecule has 0 fully saturated rings. The Bertz CT molecular complexity index is 448. The first kappa shape index (κ1) is 13.5. The van der Waals surface area contributed by atoms with E-state index in [0.29, 0.717) is 17.1 Å². The quantitative estimate of drug-likeness (QED) is 0.687. The largest absolute Gasteiger partial charge is 0.478 e. The molecule has 0 bridgehead atoms. The summed E-state index contributed by atoms with van der Waals surface area (Å²) >= 11 is 0. The van der Waals surface area contributed by atoms with Crippen molar-refractivity contribution in [2.45, 2.75) is 13.0 Å². The van der Waals surface area contributed by atoms with Crippen LogP contribution in [0.5, 0.6) is 0 Å². The van der Waals surface area contributed by atoms with E-state index < -0.39 is 16.8 Å². The summed E-state index contributed by atoms with van der Waals surface area (Å²) in [7, 11) is -0.926. The third-order valence-electron chi connectivity index (χ3n) is 2.16. The third-order valence-corrected chi connectivity index (χ3v) is 3.13.